The SMILES string of the molecule is O=C(C(c1ccc(OCCCOc2ccc(C(=NOS(=O)(=O)C(F)(F)F)C(F)(F)F)cc2)cc1)C(F)(F)F)C(c1ccc(OCCCOc2ccc(C(=NOS(=O)(=O)C(F)(F)F)C(F)(F)F)cc2)cc1)C(F)(F)F. The van der Waals surface area contributed by atoms with Crippen molar-refractivity contribution in [3.8, 4) is 23.0 Å². The van der Waals surface area contributed by atoms with E-state index in [4.69, 9.17) is 18.9 Å². The molecule has 0 spiro atoms. The highest BCUT2D eigenvalue weighted by molar-refractivity contribution is 7.87. The van der Waals surface area contributed by atoms with Gasteiger partial charge < -0.3 is 18.9 Å². The van der Waals surface area contributed by atoms with Crippen LogP contribution in [0.15, 0.2) is 107 Å². The van der Waals surface area contributed by atoms with Gasteiger partial charge in [0.2, 0.25) is 0 Å². The zero-order valence-corrected chi connectivity index (χ0v) is 37.8. The number of benzene rings is 4. The Hall–Kier alpha value is -6.67. The van der Waals surface area contributed by atoms with E-state index in [1.165, 1.54) is 0 Å². The maximum absolute atomic E-state index is 14.4. The van der Waals surface area contributed by atoms with Crippen LogP contribution in [0, 0.1) is 0 Å². The number of halogens is 18. The van der Waals surface area contributed by atoms with Crippen LogP contribution in [0.4, 0.5) is 79.0 Å². The van der Waals surface area contributed by atoms with Crippen LogP contribution in [-0.4, -0.2) is 96.2 Å². The first kappa shape index (κ1) is 59.9. The molecule has 0 radical (unpaired) electrons. The summed E-state index contributed by atoms with van der Waals surface area (Å²) in [5.74, 6) is -9.37. The summed E-state index contributed by atoms with van der Waals surface area (Å²) in [6, 6.07) is 12.8. The summed E-state index contributed by atoms with van der Waals surface area (Å²) in [5, 5.41) is 4.22. The zero-order chi connectivity index (χ0) is 55.7. The quantitative estimate of drug-likeness (QED) is 0.0242. The highest BCUT2D eigenvalue weighted by atomic mass is 32.2. The molecule has 0 saturated carbocycles. The number of ether oxygens (including phenoxy) is 4. The predicted molar refractivity (Wildman–Crippen MR) is 217 cm³/mol. The highest BCUT2D eigenvalue weighted by Crippen LogP contribution is 2.45. The van der Waals surface area contributed by atoms with Gasteiger partial charge in [0.05, 0.1) is 26.4 Å². The fourth-order valence-corrected chi connectivity index (χ4v) is 6.31. The molecule has 0 amide bonds. The number of oxime groups is 2. The van der Waals surface area contributed by atoms with Crippen molar-refractivity contribution in [2.75, 3.05) is 26.4 Å². The molecule has 0 aromatic heterocycles. The molecule has 4 aromatic carbocycles. The van der Waals surface area contributed by atoms with Gasteiger partial charge in [-0.3, -0.25) is 13.4 Å². The molecule has 0 heterocycles. The first-order valence-electron chi connectivity index (χ1n) is 19.8. The Labute approximate surface area is 404 Å². The highest BCUT2D eigenvalue weighted by Gasteiger charge is 2.55. The molecule has 0 aliphatic heterocycles. The summed E-state index contributed by atoms with van der Waals surface area (Å²) < 4.78 is 313. The molecule has 33 heteroatoms. The second-order valence-corrected chi connectivity index (χ2v) is 17.5. The van der Waals surface area contributed by atoms with Gasteiger partial charge in [-0.1, -0.05) is 34.6 Å². The number of carbonyl (C=O) groups is 1. The van der Waals surface area contributed by atoms with E-state index in [1.54, 1.807) is 0 Å². The van der Waals surface area contributed by atoms with Crippen molar-refractivity contribution >= 4 is 37.4 Å². The van der Waals surface area contributed by atoms with Crippen molar-refractivity contribution in [3.63, 3.8) is 0 Å². The van der Waals surface area contributed by atoms with Crippen molar-refractivity contribution in [1.82, 2.24) is 0 Å². The van der Waals surface area contributed by atoms with Gasteiger partial charge in [0.15, 0.2) is 17.2 Å². The first-order valence-corrected chi connectivity index (χ1v) is 22.6. The minimum Gasteiger partial charge on any atom is -0.493 e. The smallest absolute Gasteiger partial charge is 0.493 e. The van der Waals surface area contributed by atoms with E-state index in [-0.39, 0.29) is 62.3 Å². The average molecular weight is 1130 g/mol. The second-order valence-electron chi connectivity index (χ2n) is 14.5. The Morgan fingerprint density at radius 3 is 0.865 bits per heavy atom. The molecule has 408 valence electrons. The minimum absolute atomic E-state index is 0.00872. The molecule has 0 saturated heterocycles. The van der Waals surface area contributed by atoms with Crippen LogP contribution in [-0.2, 0) is 33.6 Å². The summed E-state index contributed by atoms with van der Waals surface area (Å²) in [6.45, 7) is -0.924. The number of ketones is 1. The Kier molecular flexibility index (Phi) is 18.8. The Bertz CT molecular complexity index is 2600. The Morgan fingerprint density at radius 1 is 0.405 bits per heavy atom. The van der Waals surface area contributed by atoms with Crippen molar-refractivity contribution in [2.24, 2.45) is 10.3 Å². The number of alkyl halides is 18. The van der Waals surface area contributed by atoms with Gasteiger partial charge in [0.1, 0.15) is 34.8 Å². The standard InChI is InChI=1S/C41H30F18N2O11S2/c42-36(43,44)31(23-3-11-27(12-4-23)67-19-1-21-69-29-15-7-25(8-16-29)34(38(48,49)50)60-71-73(63,64)40(54,55)56)33(62)32(37(45,46)47)24-5-13-28(14-6-24)68-20-2-22-70-30-17-9-26(10-18-30)35(39(51,52)53)61-72-74(65,66)41(57,58)59/h3-18,31-32H,1-2,19-22H2. The molecule has 0 N–H and O–H groups in total. The van der Waals surface area contributed by atoms with Gasteiger partial charge >= 0.3 is 56.0 Å². The van der Waals surface area contributed by atoms with Crippen molar-refractivity contribution in [1.29, 1.82) is 0 Å². The number of nitrogens with zero attached hydrogens (tertiary/aromatic N) is 2. The van der Waals surface area contributed by atoms with Gasteiger partial charge in [-0.15, -0.1) is 0 Å². The summed E-state index contributed by atoms with van der Waals surface area (Å²) in [4.78, 5) is 13.2. The van der Waals surface area contributed by atoms with Crippen molar-refractivity contribution < 1.29 is 128 Å². The third kappa shape index (κ3) is 16.7. The Morgan fingerprint density at radius 2 is 0.649 bits per heavy atom. The number of rotatable bonds is 22. The molecule has 74 heavy (non-hydrogen) atoms. The number of carbonyl (C=O) groups excluding carboxylic acids is 1. The van der Waals surface area contributed by atoms with Gasteiger partial charge in [0, 0.05) is 24.0 Å². The molecule has 2 unspecified atom stereocenters. The number of hydrogen-bond donors (Lipinski definition) is 0. The third-order valence-corrected chi connectivity index (χ3v) is 10.8. The molecule has 4 aromatic rings. The van der Waals surface area contributed by atoms with Crippen LogP contribution in [0.3, 0.4) is 0 Å². The van der Waals surface area contributed by atoms with Crippen molar-refractivity contribution in [3.05, 3.63) is 119 Å². The zero-order valence-electron chi connectivity index (χ0n) is 36.1. The van der Waals surface area contributed by atoms with Crippen molar-refractivity contribution in [2.45, 2.75) is 60.4 Å². The molecule has 2 atom stereocenters. The molecule has 4 rings (SSSR count). The Balaban J connectivity index is 1.31. The normalized spacial score (nSPS) is 14.5. The lowest BCUT2D eigenvalue weighted by Gasteiger charge is -2.27. The fourth-order valence-electron chi connectivity index (χ4n) is 5.80. The lowest BCUT2D eigenvalue weighted by Crippen LogP contribution is -2.38. The van der Waals surface area contributed by atoms with E-state index in [0.717, 1.165) is 48.5 Å². The summed E-state index contributed by atoms with van der Waals surface area (Å²) in [5.41, 5.74) is -20.1. The van der Waals surface area contributed by atoms with E-state index in [9.17, 15) is 101 Å². The third-order valence-electron chi connectivity index (χ3n) is 9.12. The van der Waals surface area contributed by atoms with Crippen LogP contribution in [0.25, 0.3) is 0 Å². The molecular weight excluding hydrogens is 1100 g/mol. The monoisotopic (exact) mass is 1130 g/mol. The molecule has 0 aliphatic rings. The molecular formula is C41H30F18N2O11S2. The van der Waals surface area contributed by atoms with Crippen LogP contribution in [0.1, 0.15) is 46.9 Å². The average Bonchev–Trinajstić information content (AvgIpc) is 3.25. The van der Waals surface area contributed by atoms with E-state index < -0.39 is 107 Å². The molecule has 0 bridgehead atoms. The first-order chi connectivity index (χ1) is 33.9. The van der Waals surface area contributed by atoms with E-state index >= 15 is 0 Å². The molecule has 0 fully saturated rings. The maximum Gasteiger partial charge on any atom is 0.536 e. The summed E-state index contributed by atoms with van der Waals surface area (Å²) in [7, 11) is -13.0. The van der Waals surface area contributed by atoms with Crippen LogP contribution in [0.5, 0.6) is 23.0 Å². The van der Waals surface area contributed by atoms with E-state index in [2.05, 4.69) is 18.9 Å². The number of hydrogen-bond acceptors (Lipinski definition) is 13. The summed E-state index contributed by atoms with van der Waals surface area (Å²) >= 11 is 0. The predicted octanol–water partition coefficient (Wildman–Crippen LogP) is 11.2. The van der Waals surface area contributed by atoms with E-state index in [0.29, 0.717) is 48.5 Å². The lowest BCUT2D eigenvalue weighted by atomic mass is 9.82. The van der Waals surface area contributed by atoms with Gasteiger partial charge in [-0.25, -0.2) is 0 Å². The van der Waals surface area contributed by atoms with Gasteiger partial charge in [-0.2, -0.15) is 95.9 Å². The van der Waals surface area contributed by atoms with Gasteiger partial charge in [-0.05, 0) is 83.9 Å². The van der Waals surface area contributed by atoms with E-state index in [1.807, 2.05) is 0 Å². The molecule has 13 nitrogen and oxygen atoms in total. The number of Topliss-reactive ketones (excluding diaryl/α,β-unsaturated/α-hetero) is 1. The van der Waals surface area contributed by atoms with Crippen LogP contribution >= 0.6 is 0 Å². The largest absolute Gasteiger partial charge is 0.536 e. The fraction of sp³-hybridized carbons (Fsp3) is 0.341. The summed E-state index contributed by atoms with van der Waals surface area (Å²) in [6.07, 6.45) is -22.1. The maximum atomic E-state index is 14.4. The lowest BCUT2D eigenvalue weighted by molar-refractivity contribution is -0.183. The molecule has 0 aliphatic carbocycles. The second kappa shape index (κ2) is 23.3. The topological polar surface area (TPSA) is 165 Å². The van der Waals surface area contributed by atoms with Gasteiger partial charge in [0.25, 0.3) is 0 Å². The van der Waals surface area contributed by atoms with Crippen LogP contribution < -0.4 is 18.9 Å². The van der Waals surface area contributed by atoms with Crippen LogP contribution in [0.2, 0.25) is 0 Å². The minimum atomic E-state index is -6.52.